The van der Waals surface area contributed by atoms with Gasteiger partial charge in [0.1, 0.15) is 19.3 Å². The first-order chi connectivity index (χ1) is 40.7. The molecule has 7 atom stereocenters. The van der Waals surface area contributed by atoms with Crippen molar-refractivity contribution in [2.45, 2.75) is 337 Å². The summed E-state index contributed by atoms with van der Waals surface area (Å²) in [6.45, 7) is 14.0. The molecular weight excluding hydrogens is 1130 g/mol. The van der Waals surface area contributed by atoms with Crippen molar-refractivity contribution in [3.63, 3.8) is 0 Å². The molecule has 4 unspecified atom stereocenters. The Kier molecular flexibility index (Phi) is 54.8. The summed E-state index contributed by atoms with van der Waals surface area (Å²) in [5.41, 5.74) is 0. The van der Waals surface area contributed by atoms with Crippen molar-refractivity contribution in [2.24, 2.45) is 23.7 Å². The van der Waals surface area contributed by atoms with Crippen molar-refractivity contribution in [2.75, 3.05) is 39.6 Å². The standard InChI is InChI=1S/C66H128O17P2/c1-9-58(7)44-36-28-20-13-11-12-14-21-30-38-46-63(68)76-52-61(83-66(71)49-41-33-23-17-19-27-35-43-57(5)6)54-80-84(72,73)78-50-60(67)51-79-85(74,75)81-55-62(53-77-64(69)47-39-31-25-24-29-37-45-59(8)10-2)82-65(70)48-40-32-22-16-15-18-26-34-42-56(3)4/h56-62,67H,9-55H2,1-8H3,(H,72,73)(H,74,75)/t58?,59?,60-,61-,62-/m1/s1. The number of unbranched alkanes of at least 4 members (excludes halogenated alkanes) is 27. The Morgan fingerprint density at radius 3 is 0.835 bits per heavy atom. The van der Waals surface area contributed by atoms with E-state index < -0.39 is 97.5 Å². The van der Waals surface area contributed by atoms with Crippen molar-refractivity contribution in [3.05, 3.63) is 0 Å². The summed E-state index contributed by atoms with van der Waals surface area (Å²) >= 11 is 0. The zero-order valence-electron chi connectivity index (χ0n) is 55.2. The number of ether oxygens (including phenoxy) is 4. The van der Waals surface area contributed by atoms with E-state index in [4.69, 9.17) is 37.0 Å². The Morgan fingerprint density at radius 2 is 0.565 bits per heavy atom. The lowest BCUT2D eigenvalue weighted by Gasteiger charge is -2.21. The third kappa shape index (κ3) is 58.2. The van der Waals surface area contributed by atoms with Gasteiger partial charge in [-0.1, -0.05) is 267 Å². The molecule has 0 radical (unpaired) electrons. The van der Waals surface area contributed by atoms with Crippen LogP contribution in [-0.4, -0.2) is 96.7 Å². The number of carbonyl (C=O) groups is 4. The van der Waals surface area contributed by atoms with Crippen LogP contribution in [0.4, 0.5) is 0 Å². The van der Waals surface area contributed by atoms with Gasteiger partial charge in [0, 0.05) is 25.7 Å². The Balaban J connectivity index is 5.25. The maximum Gasteiger partial charge on any atom is 0.472 e. The molecule has 19 heteroatoms. The second kappa shape index (κ2) is 56.1. The van der Waals surface area contributed by atoms with E-state index in [1.165, 1.54) is 116 Å². The normalized spacial score (nSPS) is 15.0. The lowest BCUT2D eigenvalue weighted by Crippen LogP contribution is -2.30. The number of aliphatic hydroxyl groups is 1. The molecule has 17 nitrogen and oxygen atoms in total. The van der Waals surface area contributed by atoms with E-state index in [9.17, 15) is 43.2 Å². The third-order valence-corrected chi connectivity index (χ3v) is 17.7. The van der Waals surface area contributed by atoms with E-state index >= 15 is 0 Å². The summed E-state index contributed by atoms with van der Waals surface area (Å²) in [5, 5.41) is 10.5. The molecule has 0 rings (SSSR count). The van der Waals surface area contributed by atoms with E-state index in [0.29, 0.717) is 31.6 Å². The van der Waals surface area contributed by atoms with Crippen LogP contribution in [0.3, 0.4) is 0 Å². The first-order valence-corrected chi connectivity index (χ1v) is 37.3. The van der Waals surface area contributed by atoms with Gasteiger partial charge in [-0.15, -0.1) is 0 Å². The maximum absolute atomic E-state index is 13.0. The zero-order chi connectivity index (χ0) is 63.2. The Labute approximate surface area is 517 Å². The van der Waals surface area contributed by atoms with Crippen LogP contribution in [0.5, 0.6) is 0 Å². The minimum Gasteiger partial charge on any atom is -0.462 e. The largest absolute Gasteiger partial charge is 0.472 e. The Morgan fingerprint density at radius 1 is 0.329 bits per heavy atom. The number of rotatable bonds is 63. The molecule has 0 aliphatic rings. The van der Waals surface area contributed by atoms with Crippen molar-refractivity contribution >= 4 is 39.5 Å². The summed E-state index contributed by atoms with van der Waals surface area (Å²) < 4.78 is 68.1. The lowest BCUT2D eigenvalue weighted by atomic mass is 9.99. The molecule has 0 saturated carbocycles. The van der Waals surface area contributed by atoms with Gasteiger partial charge in [-0.2, -0.15) is 0 Å². The summed E-state index contributed by atoms with van der Waals surface area (Å²) in [5.74, 6) is 0.815. The first-order valence-electron chi connectivity index (χ1n) is 34.3. The van der Waals surface area contributed by atoms with Gasteiger partial charge in [-0.25, -0.2) is 9.13 Å². The van der Waals surface area contributed by atoms with Crippen LogP contribution in [0.1, 0.15) is 319 Å². The summed E-state index contributed by atoms with van der Waals surface area (Å²) in [6.07, 6.45) is 36.3. The molecule has 0 aromatic heterocycles. The quantitative estimate of drug-likeness (QED) is 0.0222. The molecule has 0 aliphatic heterocycles. The topological polar surface area (TPSA) is 237 Å². The average Bonchev–Trinajstić information content (AvgIpc) is 3.49. The number of hydrogen-bond acceptors (Lipinski definition) is 15. The molecule has 0 fully saturated rings. The maximum atomic E-state index is 13.0. The Bertz CT molecular complexity index is 1700. The number of aliphatic hydroxyl groups excluding tert-OH is 1. The summed E-state index contributed by atoms with van der Waals surface area (Å²) in [7, 11) is -9.89. The summed E-state index contributed by atoms with van der Waals surface area (Å²) in [6, 6.07) is 0. The van der Waals surface area contributed by atoms with Crippen LogP contribution in [0.15, 0.2) is 0 Å². The van der Waals surface area contributed by atoms with Crippen LogP contribution in [0.25, 0.3) is 0 Å². The highest BCUT2D eigenvalue weighted by Gasteiger charge is 2.30. The minimum absolute atomic E-state index is 0.103. The molecule has 0 saturated heterocycles. The van der Waals surface area contributed by atoms with Crippen molar-refractivity contribution in [1.82, 2.24) is 0 Å². The van der Waals surface area contributed by atoms with Gasteiger partial charge >= 0.3 is 39.5 Å². The van der Waals surface area contributed by atoms with Gasteiger partial charge in [0.2, 0.25) is 0 Å². The first kappa shape index (κ1) is 83.1. The fraction of sp³-hybridized carbons (Fsp3) is 0.939. The van der Waals surface area contributed by atoms with Crippen molar-refractivity contribution < 1.29 is 80.2 Å². The molecule has 0 heterocycles. The predicted molar refractivity (Wildman–Crippen MR) is 340 cm³/mol. The van der Waals surface area contributed by atoms with Crippen molar-refractivity contribution in [1.29, 1.82) is 0 Å². The fourth-order valence-electron chi connectivity index (χ4n) is 9.72. The van der Waals surface area contributed by atoms with Crippen LogP contribution in [-0.2, 0) is 65.4 Å². The summed E-state index contributed by atoms with van der Waals surface area (Å²) in [4.78, 5) is 72.3. The monoisotopic (exact) mass is 1250 g/mol. The zero-order valence-corrected chi connectivity index (χ0v) is 57.0. The van der Waals surface area contributed by atoms with Gasteiger partial charge in [0.15, 0.2) is 12.2 Å². The molecule has 0 bridgehead atoms. The van der Waals surface area contributed by atoms with E-state index in [-0.39, 0.29) is 25.7 Å². The van der Waals surface area contributed by atoms with Gasteiger partial charge in [0.25, 0.3) is 0 Å². The SMILES string of the molecule is CCC(C)CCCCCCCCCCCCC(=O)OC[C@H](COP(=O)(O)OC[C@@H](O)COP(=O)(O)OC[C@@H](COC(=O)CCCCCCCCC(C)CC)OC(=O)CCCCCCCCCCC(C)C)OC(=O)CCCCCCCCCC(C)C. The van der Waals surface area contributed by atoms with Crippen LogP contribution in [0, 0.1) is 23.7 Å². The van der Waals surface area contributed by atoms with E-state index in [1.807, 2.05) is 0 Å². The number of esters is 4. The van der Waals surface area contributed by atoms with Gasteiger partial charge in [0.05, 0.1) is 26.4 Å². The molecule has 0 aromatic rings. The number of phosphoric ester groups is 2. The van der Waals surface area contributed by atoms with E-state index in [2.05, 4.69) is 55.4 Å². The van der Waals surface area contributed by atoms with E-state index in [1.54, 1.807) is 0 Å². The van der Waals surface area contributed by atoms with E-state index in [0.717, 1.165) is 114 Å². The van der Waals surface area contributed by atoms with Gasteiger partial charge in [-0.3, -0.25) is 37.3 Å². The smallest absolute Gasteiger partial charge is 0.462 e. The molecule has 0 spiro atoms. The highest BCUT2D eigenvalue weighted by atomic mass is 31.2. The van der Waals surface area contributed by atoms with Gasteiger partial charge < -0.3 is 33.8 Å². The van der Waals surface area contributed by atoms with Crippen molar-refractivity contribution in [3.8, 4) is 0 Å². The minimum atomic E-state index is -4.95. The average molecular weight is 1260 g/mol. The highest BCUT2D eigenvalue weighted by molar-refractivity contribution is 7.47. The molecule has 0 aromatic carbocycles. The predicted octanol–water partition coefficient (Wildman–Crippen LogP) is 18.1. The van der Waals surface area contributed by atoms with Crippen LogP contribution < -0.4 is 0 Å². The molecular formula is C66H128O17P2. The highest BCUT2D eigenvalue weighted by Crippen LogP contribution is 2.45. The second-order valence-electron chi connectivity index (χ2n) is 25.3. The van der Waals surface area contributed by atoms with Crippen LogP contribution >= 0.6 is 15.6 Å². The molecule has 85 heavy (non-hydrogen) atoms. The third-order valence-electron chi connectivity index (χ3n) is 15.8. The molecule has 504 valence electrons. The molecule has 0 amide bonds. The number of hydrogen-bond donors (Lipinski definition) is 3. The lowest BCUT2D eigenvalue weighted by molar-refractivity contribution is -0.161. The second-order valence-corrected chi connectivity index (χ2v) is 28.2. The van der Waals surface area contributed by atoms with Crippen LogP contribution in [0.2, 0.25) is 0 Å². The number of phosphoric acid groups is 2. The fourth-order valence-corrected chi connectivity index (χ4v) is 11.3. The molecule has 0 aliphatic carbocycles. The Hall–Kier alpha value is -1.94. The number of carbonyl (C=O) groups excluding carboxylic acids is 4. The molecule has 3 N–H and O–H groups in total. The van der Waals surface area contributed by atoms with Gasteiger partial charge in [-0.05, 0) is 49.4 Å².